The number of amides is 1. The minimum atomic E-state index is -0.660. The van der Waals surface area contributed by atoms with E-state index in [-0.39, 0.29) is 23.5 Å². The second kappa shape index (κ2) is 7.07. The van der Waals surface area contributed by atoms with Gasteiger partial charge >= 0.3 is 12.1 Å². The van der Waals surface area contributed by atoms with Crippen molar-refractivity contribution in [1.82, 2.24) is 5.32 Å². The summed E-state index contributed by atoms with van der Waals surface area (Å²) in [6, 6.07) is 3.65. The fourth-order valence-corrected chi connectivity index (χ4v) is 2.31. The molecule has 6 nitrogen and oxygen atoms in total. The van der Waals surface area contributed by atoms with Crippen molar-refractivity contribution >= 4 is 12.1 Å². The molecule has 0 bridgehead atoms. The Balaban J connectivity index is 1.88. The van der Waals surface area contributed by atoms with Crippen LogP contribution in [0, 0.1) is 5.82 Å². The minimum absolute atomic E-state index is 0.0426. The average molecular weight is 339 g/mol. The van der Waals surface area contributed by atoms with Crippen LogP contribution in [0.15, 0.2) is 18.2 Å². The van der Waals surface area contributed by atoms with Gasteiger partial charge in [0.2, 0.25) is 0 Å². The van der Waals surface area contributed by atoms with Gasteiger partial charge in [0, 0.05) is 18.9 Å². The summed E-state index contributed by atoms with van der Waals surface area (Å²) in [6.45, 7) is 5.38. The van der Waals surface area contributed by atoms with Gasteiger partial charge in [0.05, 0.1) is 7.11 Å². The Morgan fingerprint density at radius 3 is 2.50 bits per heavy atom. The standard InChI is InChI=1S/C17H22FNO5/c1-17(2,3)24-16(21)19-11-8-12(9-11)23-14-6-5-10(18)7-13(14)15(20)22-4/h5-7,11-12H,8-9H2,1-4H3,(H,19,21). The molecule has 0 atom stereocenters. The molecule has 1 N–H and O–H groups in total. The average Bonchev–Trinajstić information content (AvgIpc) is 2.43. The van der Waals surface area contributed by atoms with Gasteiger partial charge in [0.1, 0.15) is 28.8 Å². The summed E-state index contributed by atoms with van der Waals surface area (Å²) >= 11 is 0. The molecule has 1 aromatic rings. The van der Waals surface area contributed by atoms with E-state index in [1.807, 2.05) is 0 Å². The molecule has 1 aliphatic carbocycles. The lowest BCUT2D eigenvalue weighted by Crippen LogP contribution is -2.50. The molecule has 132 valence electrons. The lowest BCUT2D eigenvalue weighted by Gasteiger charge is -2.36. The third-order valence-corrected chi connectivity index (χ3v) is 3.46. The maximum absolute atomic E-state index is 13.3. The number of benzene rings is 1. The highest BCUT2D eigenvalue weighted by Crippen LogP contribution is 2.29. The van der Waals surface area contributed by atoms with Crippen LogP contribution in [0.3, 0.4) is 0 Å². The van der Waals surface area contributed by atoms with E-state index in [4.69, 9.17) is 9.47 Å². The highest BCUT2D eigenvalue weighted by molar-refractivity contribution is 5.92. The third kappa shape index (κ3) is 4.84. The number of methoxy groups -OCH3 is 1. The first-order valence-electron chi connectivity index (χ1n) is 7.72. The highest BCUT2D eigenvalue weighted by atomic mass is 19.1. The molecule has 1 aliphatic rings. The maximum atomic E-state index is 13.3. The molecule has 0 unspecified atom stereocenters. The van der Waals surface area contributed by atoms with Crippen molar-refractivity contribution in [3.05, 3.63) is 29.6 Å². The first-order chi connectivity index (χ1) is 11.2. The largest absolute Gasteiger partial charge is 0.489 e. The summed E-state index contributed by atoms with van der Waals surface area (Å²) in [6.07, 6.45) is 0.524. The molecule has 1 fully saturated rings. The Hall–Kier alpha value is -2.31. The lowest BCUT2D eigenvalue weighted by molar-refractivity contribution is 0.0358. The van der Waals surface area contributed by atoms with Crippen molar-refractivity contribution in [2.45, 2.75) is 51.4 Å². The quantitative estimate of drug-likeness (QED) is 0.854. The van der Waals surface area contributed by atoms with Crippen LogP contribution in [0.5, 0.6) is 5.75 Å². The number of hydrogen-bond acceptors (Lipinski definition) is 5. The van der Waals surface area contributed by atoms with Crippen LogP contribution in [0.1, 0.15) is 44.0 Å². The number of rotatable bonds is 4. The predicted molar refractivity (Wildman–Crippen MR) is 84.5 cm³/mol. The minimum Gasteiger partial charge on any atom is -0.489 e. The third-order valence-electron chi connectivity index (χ3n) is 3.46. The molecule has 7 heteroatoms. The zero-order valence-electron chi connectivity index (χ0n) is 14.2. The second-order valence-corrected chi connectivity index (χ2v) is 6.69. The summed E-state index contributed by atoms with van der Waals surface area (Å²) < 4.78 is 28.8. The van der Waals surface area contributed by atoms with Crippen LogP contribution >= 0.6 is 0 Å². The highest BCUT2D eigenvalue weighted by Gasteiger charge is 2.34. The lowest BCUT2D eigenvalue weighted by atomic mass is 9.89. The van der Waals surface area contributed by atoms with Gasteiger partial charge in [-0.1, -0.05) is 0 Å². The van der Waals surface area contributed by atoms with Gasteiger partial charge in [-0.25, -0.2) is 14.0 Å². The molecular weight excluding hydrogens is 317 g/mol. The summed E-state index contributed by atoms with van der Waals surface area (Å²) in [5.74, 6) is -0.933. The van der Waals surface area contributed by atoms with E-state index < -0.39 is 23.5 Å². The molecule has 1 aromatic carbocycles. The van der Waals surface area contributed by atoms with E-state index in [2.05, 4.69) is 10.1 Å². The number of nitrogens with one attached hydrogen (secondary N) is 1. The summed E-state index contributed by atoms with van der Waals surface area (Å²) in [5.41, 5.74) is -0.506. The Morgan fingerprint density at radius 2 is 1.92 bits per heavy atom. The zero-order chi connectivity index (χ0) is 17.9. The summed E-state index contributed by atoms with van der Waals surface area (Å²) in [5, 5.41) is 2.75. The molecular formula is C17H22FNO5. The van der Waals surface area contributed by atoms with Gasteiger partial charge in [-0.2, -0.15) is 0 Å². The number of hydrogen-bond donors (Lipinski definition) is 1. The first-order valence-corrected chi connectivity index (χ1v) is 7.72. The number of ether oxygens (including phenoxy) is 3. The number of carbonyl (C=O) groups excluding carboxylic acids is 2. The van der Waals surface area contributed by atoms with Gasteiger partial charge in [-0.05, 0) is 39.0 Å². The Morgan fingerprint density at radius 1 is 1.25 bits per heavy atom. The van der Waals surface area contributed by atoms with Crippen LogP contribution in [0.2, 0.25) is 0 Å². The van der Waals surface area contributed by atoms with Gasteiger partial charge in [0.25, 0.3) is 0 Å². The Labute approximate surface area is 140 Å². The van der Waals surface area contributed by atoms with E-state index in [1.165, 1.54) is 19.2 Å². The van der Waals surface area contributed by atoms with Crippen molar-refractivity contribution in [2.24, 2.45) is 0 Å². The maximum Gasteiger partial charge on any atom is 0.407 e. The van der Waals surface area contributed by atoms with E-state index in [0.717, 1.165) is 6.07 Å². The molecule has 2 rings (SSSR count). The fraction of sp³-hybridized carbons (Fsp3) is 0.529. The number of alkyl carbamates (subject to hydrolysis) is 1. The Bertz CT molecular complexity index is 620. The number of carbonyl (C=O) groups is 2. The van der Waals surface area contributed by atoms with Crippen molar-refractivity contribution in [2.75, 3.05) is 7.11 Å². The molecule has 0 aliphatic heterocycles. The monoisotopic (exact) mass is 339 g/mol. The van der Waals surface area contributed by atoms with Gasteiger partial charge in [-0.3, -0.25) is 0 Å². The SMILES string of the molecule is COC(=O)c1cc(F)ccc1OC1CC(NC(=O)OC(C)(C)C)C1. The molecule has 0 heterocycles. The smallest absolute Gasteiger partial charge is 0.407 e. The van der Waals surface area contributed by atoms with Crippen molar-refractivity contribution in [1.29, 1.82) is 0 Å². The second-order valence-electron chi connectivity index (χ2n) is 6.69. The molecule has 0 aromatic heterocycles. The number of halogens is 1. The molecule has 0 radical (unpaired) electrons. The van der Waals surface area contributed by atoms with Crippen LogP contribution in [-0.4, -0.2) is 36.9 Å². The van der Waals surface area contributed by atoms with Crippen molar-refractivity contribution in [3.63, 3.8) is 0 Å². The van der Waals surface area contributed by atoms with Crippen molar-refractivity contribution < 1.29 is 28.2 Å². The van der Waals surface area contributed by atoms with Crippen LogP contribution in [-0.2, 0) is 9.47 Å². The first kappa shape index (κ1) is 18.0. The topological polar surface area (TPSA) is 73.9 Å². The molecule has 1 saturated carbocycles. The predicted octanol–water partition coefficient (Wildman–Crippen LogP) is 3.05. The van der Waals surface area contributed by atoms with Crippen LogP contribution < -0.4 is 10.1 Å². The number of esters is 1. The molecule has 1 amide bonds. The molecule has 0 saturated heterocycles. The van der Waals surface area contributed by atoms with Crippen LogP contribution in [0.25, 0.3) is 0 Å². The summed E-state index contributed by atoms with van der Waals surface area (Å²) in [7, 11) is 1.22. The Kier molecular flexibility index (Phi) is 5.31. The van der Waals surface area contributed by atoms with E-state index in [1.54, 1.807) is 20.8 Å². The van der Waals surface area contributed by atoms with E-state index >= 15 is 0 Å². The van der Waals surface area contributed by atoms with Gasteiger partial charge < -0.3 is 19.5 Å². The normalized spacial score (nSPS) is 19.9. The summed E-state index contributed by atoms with van der Waals surface area (Å²) in [4.78, 5) is 23.3. The zero-order valence-corrected chi connectivity index (χ0v) is 14.2. The van der Waals surface area contributed by atoms with Crippen LogP contribution in [0.4, 0.5) is 9.18 Å². The fourth-order valence-electron chi connectivity index (χ4n) is 2.31. The van der Waals surface area contributed by atoms with E-state index in [9.17, 15) is 14.0 Å². The van der Waals surface area contributed by atoms with Gasteiger partial charge in [-0.15, -0.1) is 0 Å². The van der Waals surface area contributed by atoms with Gasteiger partial charge in [0.15, 0.2) is 0 Å². The van der Waals surface area contributed by atoms with E-state index in [0.29, 0.717) is 12.8 Å². The molecule has 0 spiro atoms. The van der Waals surface area contributed by atoms with Crippen molar-refractivity contribution in [3.8, 4) is 5.75 Å². The molecule has 24 heavy (non-hydrogen) atoms.